The zero-order valence-corrected chi connectivity index (χ0v) is 15.2. The van der Waals surface area contributed by atoms with Gasteiger partial charge in [-0.15, -0.1) is 0 Å². The van der Waals surface area contributed by atoms with Crippen LogP contribution in [0.15, 0.2) is 24.3 Å². The number of nitrogens with zero attached hydrogens (tertiary/aromatic N) is 2. The molecule has 0 spiro atoms. The quantitative estimate of drug-likeness (QED) is 0.744. The van der Waals surface area contributed by atoms with Crippen LogP contribution in [0.3, 0.4) is 0 Å². The molecular formula is C20H28N2O3. The van der Waals surface area contributed by atoms with Crippen LogP contribution in [0.25, 0.3) is 6.08 Å². The van der Waals surface area contributed by atoms with Crippen molar-refractivity contribution in [1.82, 2.24) is 9.80 Å². The minimum absolute atomic E-state index is 0.100. The molecule has 136 valence electrons. The number of likely N-dealkylation sites (tertiary alicyclic amines) is 2. The van der Waals surface area contributed by atoms with Gasteiger partial charge in [0, 0.05) is 31.3 Å². The Balaban J connectivity index is 1.65. The number of carbonyl (C=O) groups is 1. The van der Waals surface area contributed by atoms with Gasteiger partial charge in [-0.05, 0) is 62.5 Å². The lowest BCUT2D eigenvalue weighted by Crippen LogP contribution is -2.41. The maximum Gasteiger partial charge on any atom is 0.246 e. The Morgan fingerprint density at radius 3 is 2.40 bits per heavy atom. The van der Waals surface area contributed by atoms with Crippen molar-refractivity contribution in [2.75, 3.05) is 40.4 Å². The summed E-state index contributed by atoms with van der Waals surface area (Å²) in [5.74, 6) is 1.54. The lowest BCUT2D eigenvalue weighted by molar-refractivity contribution is -0.127. The molecule has 2 fully saturated rings. The smallest absolute Gasteiger partial charge is 0.246 e. The summed E-state index contributed by atoms with van der Waals surface area (Å²) in [5.41, 5.74) is 0.903. The molecule has 1 unspecified atom stereocenters. The highest BCUT2D eigenvalue weighted by atomic mass is 16.5. The minimum atomic E-state index is 0.100. The molecule has 2 heterocycles. The van der Waals surface area contributed by atoms with Crippen LogP contribution in [0.4, 0.5) is 0 Å². The summed E-state index contributed by atoms with van der Waals surface area (Å²) in [4.78, 5) is 17.2. The van der Waals surface area contributed by atoms with E-state index in [4.69, 9.17) is 9.47 Å². The molecule has 3 rings (SSSR count). The lowest BCUT2D eigenvalue weighted by Gasteiger charge is -2.27. The summed E-state index contributed by atoms with van der Waals surface area (Å²) in [5, 5.41) is 0. The first-order valence-electron chi connectivity index (χ1n) is 9.13. The van der Waals surface area contributed by atoms with Crippen LogP contribution in [0.1, 0.15) is 31.2 Å². The van der Waals surface area contributed by atoms with Crippen molar-refractivity contribution in [3.63, 3.8) is 0 Å². The van der Waals surface area contributed by atoms with Gasteiger partial charge >= 0.3 is 0 Å². The van der Waals surface area contributed by atoms with Crippen LogP contribution in [-0.2, 0) is 4.79 Å². The second-order valence-electron chi connectivity index (χ2n) is 6.81. The standard InChI is InChI=1S/C20H28N2O3/c1-24-18-12-16(13-19(14-18)25-2)7-8-20(23)22-11-5-6-17(22)15-21-9-3-4-10-21/h7-8,12-14,17H,3-6,9-11,15H2,1-2H3/b8-7+. The molecule has 2 aliphatic rings. The normalized spacial score (nSPS) is 21.2. The van der Waals surface area contributed by atoms with E-state index in [0.29, 0.717) is 6.04 Å². The topological polar surface area (TPSA) is 42.0 Å². The number of ether oxygens (including phenoxy) is 2. The van der Waals surface area contributed by atoms with E-state index in [-0.39, 0.29) is 5.91 Å². The molecule has 2 aliphatic heterocycles. The van der Waals surface area contributed by atoms with Gasteiger partial charge in [0.1, 0.15) is 11.5 Å². The van der Waals surface area contributed by atoms with E-state index >= 15 is 0 Å². The third-order valence-electron chi connectivity index (χ3n) is 5.12. The number of hydrogen-bond acceptors (Lipinski definition) is 4. The molecule has 5 heteroatoms. The van der Waals surface area contributed by atoms with Gasteiger partial charge in [-0.3, -0.25) is 4.79 Å². The number of methoxy groups -OCH3 is 2. The summed E-state index contributed by atoms with van der Waals surface area (Å²) in [6.07, 6.45) is 8.32. The monoisotopic (exact) mass is 344 g/mol. The van der Waals surface area contributed by atoms with Crippen LogP contribution < -0.4 is 9.47 Å². The van der Waals surface area contributed by atoms with Crippen LogP contribution >= 0.6 is 0 Å². The molecule has 2 saturated heterocycles. The van der Waals surface area contributed by atoms with Gasteiger partial charge in [-0.1, -0.05) is 0 Å². The Morgan fingerprint density at radius 2 is 1.76 bits per heavy atom. The Kier molecular flexibility index (Phi) is 5.97. The Labute approximate surface area is 150 Å². The zero-order chi connectivity index (χ0) is 17.6. The van der Waals surface area contributed by atoms with Crippen LogP contribution in [0.5, 0.6) is 11.5 Å². The van der Waals surface area contributed by atoms with E-state index in [2.05, 4.69) is 4.90 Å². The van der Waals surface area contributed by atoms with Gasteiger partial charge in [0.2, 0.25) is 5.91 Å². The van der Waals surface area contributed by atoms with Gasteiger partial charge in [-0.25, -0.2) is 0 Å². The Bertz CT molecular complexity index is 601. The highest BCUT2D eigenvalue weighted by Crippen LogP contribution is 2.24. The van der Waals surface area contributed by atoms with Gasteiger partial charge in [0.25, 0.3) is 0 Å². The molecule has 0 aliphatic carbocycles. The molecule has 5 nitrogen and oxygen atoms in total. The van der Waals surface area contributed by atoms with E-state index in [9.17, 15) is 4.79 Å². The maximum atomic E-state index is 12.7. The third-order valence-corrected chi connectivity index (χ3v) is 5.12. The molecule has 0 N–H and O–H groups in total. The largest absolute Gasteiger partial charge is 0.497 e. The molecule has 0 bridgehead atoms. The molecule has 0 aromatic heterocycles. The van der Waals surface area contributed by atoms with E-state index < -0.39 is 0 Å². The molecule has 1 aromatic carbocycles. The van der Waals surface area contributed by atoms with Gasteiger partial charge in [0.15, 0.2) is 0 Å². The van der Waals surface area contributed by atoms with Crippen molar-refractivity contribution >= 4 is 12.0 Å². The lowest BCUT2D eigenvalue weighted by atomic mass is 10.1. The van der Waals surface area contributed by atoms with Crippen LogP contribution in [0.2, 0.25) is 0 Å². The summed E-state index contributed by atoms with van der Waals surface area (Å²) in [6, 6.07) is 5.98. The molecule has 0 saturated carbocycles. The van der Waals surface area contributed by atoms with E-state index in [1.807, 2.05) is 29.2 Å². The van der Waals surface area contributed by atoms with Crippen LogP contribution in [-0.4, -0.2) is 62.1 Å². The number of carbonyl (C=O) groups excluding carboxylic acids is 1. The van der Waals surface area contributed by atoms with Crippen molar-refractivity contribution in [3.8, 4) is 11.5 Å². The number of benzene rings is 1. The number of hydrogen-bond donors (Lipinski definition) is 0. The summed E-state index contributed by atoms with van der Waals surface area (Å²) >= 11 is 0. The fourth-order valence-corrected chi connectivity index (χ4v) is 3.77. The average molecular weight is 344 g/mol. The van der Waals surface area contributed by atoms with E-state index in [0.717, 1.165) is 43.0 Å². The summed E-state index contributed by atoms with van der Waals surface area (Å²) in [6.45, 7) is 4.24. The van der Waals surface area contributed by atoms with Crippen molar-refractivity contribution in [2.24, 2.45) is 0 Å². The highest BCUT2D eigenvalue weighted by Gasteiger charge is 2.29. The molecule has 25 heavy (non-hydrogen) atoms. The molecule has 1 atom stereocenters. The second-order valence-corrected chi connectivity index (χ2v) is 6.81. The third kappa shape index (κ3) is 4.54. The molecule has 1 aromatic rings. The SMILES string of the molecule is COc1cc(/C=C/C(=O)N2CCCC2CN2CCCC2)cc(OC)c1. The van der Waals surface area contributed by atoms with Gasteiger partial charge < -0.3 is 19.3 Å². The predicted octanol–water partition coefficient (Wildman–Crippen LogP) is 2.80. The molecule has 0 radical (unpaired) electrons. The van der Waals surface area contributed by atoms with Gasteiger partial charge in [-0.2, -0.15) is 0 Å². The summed E-state index contributed by atoms with van der Waals surface area (Å²) < 4.78 is 10.6. The minimum Gasteiger partial charge on any atom is -0.497 e. The van der Waals surface area contributed by atoms with E-state index in [1.165, 1.54) is 25.9 Å². The fourth-order valence-electron chi connectivity index (χ4n) is 3.77. The van der Waals surface area contributed by atoms with Crippen LogP contribution in [0, 0.1) is 0 Å². The van der Waals surface area contributed by atoms with E-state index in [1.54, 1.807) is 20.3 Å². The first-order chi connectivity index (χ1) is 12.2. The first kappa shape index (κ1) is 17.8. The number of rotatable bonds is 6. The summed E-state index contributed by atoms with van der Waals surface area (Å²) in [7, 11) is 3.25. The maximum absolute atomic E-state index is 12.7. The number of amides is 1. The molecule has 1 amide bonds. The predicted molar refractivity (Wildman–Crippen MR) is 99.0 cm³/mol. The van der Waals surface area contributed by atoms with Gasteiger partial charge in [0.05, 0.1) is 14.2 Å². The average Bonchev–Trinajstić information content (AvgIpc) is 3.31. The Morgan fingerprint density at radius 1 is 1.08 bits per heavy atom. The Hall–Kier alpha value is -2.01. The second kappa shape index (κ2) is 8.39. The highest BCUT2D eigenvalue weighted by molar-refractivity contribution is 5.92. The van der Waals surface area contributed by atoms with Crippen molar-refractivity contribution < 1.29 is 14.3 Å². The van der Waals surface area contributed by atoms with Crippen molar-refractivity contribution in [1.29, 1.82) is 0 Å². The molecular weight excluding hydrogens is 316 g/mol. The zero-order valence-electron chi connectivity index (χ0n) is 15.2. The van der Waals surface area contributed by atoms with Crippen molar-refractivity contribution in [2.45, 2.75) is 31.7 Å². The first-order valence-corrected chi connectivity index (χ1v) is 9.13. The fraction of sp³-hybridized carbons (Fsp3) is 0.550. The van der Waals surface area contributed by atoms with Crippen molar-refractivity contribution in [3.05, 3.63) is 29.8 Å².